The van der Waals surface area contributed by atoms with Crippen LogP contribution in [0.1, 0.15) is 19.4 Å². The minimum atomic E-state index is -0.249. The lowest BCUT2D eigenvalue weighted by molar-refractivity contribution is -0.113. The summed E-state index contributed by atoms with van der Waals surface area (Å²) < 4.78 is 6.11. The number of hydrogen-bond donors (Lipinski definition) is 0. The summed E-state index contributed by atoms with van der Waals surface area (Å²) in [6.45, 7) is 4.13. The minimum Gasteiger partial charge on any atom is -0.497 e. The molecular weight excluding hydrogens is 328 g/mol. The third-order valence-corrected chi connectivity index (χ3v) is 4.80. The molecule has 0 N–H and O–H groups in total. The summed E-state index contributed by atoms with van der Waals surface area (Å²) in [5.74, 6) is 0.929. The summed E-state index contributed by atoms with van der Waals surface area (Å²) >= 11 is 9.19. The highest BCUT2D eigenvalue weighted by Crippen LogP contribution is 2.60. The summed E-state index contributed by atoms with van der Waals surface area (Å²) in [7, 11) is 1.64. The number of ether oxygens (including phenoxy) is 1. The molecule has 1 aliphatic carbocycles. The van der Waals surface area contributed by atoms with E-state index in [-0.39, 0.29) is 22.5 Å². The van der Waals surface area contributed by atoms with Gasteiger partial charge in [0.05, 0.1) is 7.11 Å². The molecule has 2 atom stereocenters. The van der Waals surface area contributed by atoms with E-state index in [0.29, 0.717) is 0 Å². The molecule has 2 unspecified atom stereocenters. The predicted molar refractivity (Wildman–Crippen MR) is 81.5 cm³/mol. The molecule has 0 heterocycles. The van der Waals surface area contributed by atoms with Crippen LogP contribution in [0.25, 0.3) is 4.48 Å². The van der Waals surface area contributed by atoms with Gasteiger partial charge in [-0.1, -0.05) is 48.0 Å². The van der Waals surface area contributed by atoms with Crippen molar-refractivity contribution in [3.8, 4) is 5.75 Å². The molecule has 102 valence electrons. The summed E-state index contributed by atoms with van der Waals surface area (Å²) in [6, 6.07) is 7.78. The van der Waals surface area contributed by atoms with Crippen LogP contribution in [0.5, 0.6) is 5.75 Å². The first-order valence-corrected chi connectivity index (χ1v) is 7.26. The van der Waals surface area contributed by atoms with Crippen molar-refractivity contribution >= 4 is 37.3 Å². The minimum absolute atomic E-state index is 0.0513. The molecule has 0 amide bonds. The van der Waals surface area contributed by atoms with Gasteiger partial charge >= 0.3 is 0 Å². The number of hydrogen-bond acceptors (Lipinski definition) is 2. The number of carbonyl (C=O) groups excluding carboxylic acids is 1. The first kappa shape index (κ1) is 14.6. The lowest BCUT2D eigenvalue weighted by atomic mass is 10.1. The fourth-order valence-electron chi connectivity index (χ4n) is 2.43. The molecule has 1 fully saturated rings. The maximum atomic E-state index is 11.3. The van der Waals surface area contributed by atoms with E-state index < -0.39 is 0 Å². The van der Waals surface area contributed by atoms with E-state index in [1.165, 1.54) is 0 Å². The molecule has 19 heavy (non-hydrogen) atoms. The lowest BCUT2D eigenvalue weighted by Gasteiger charge is -2.03. The largest absolute Gasteiger partial charge is 0.497 e. The van der Waals surface area contributed by atoms with Gasteiger partial charge in [0, 0.05) is 10.4 Å². The van der Waals surface area contributed by atoms with Crippen molar-refractivity contribution in [1.82, 2.24) is 0 Å². The number of allylic oxidation sites excluding steroid dienone is 1. The lowest BCUT2D eigenvalue weighted by Crippen LogP contribution is -1.96. The van der Waals surface area contributed by atoms with Crippen LogP contribution in [0.15, 0.2) is 30.3 Å². The van der Waals surface area contributed by atoms with E-state index in [4.69, 9.17) is 16.3 Å². The van der Waals surface area contributed by atoms with Crippen LogP contribution in [0.3, 0.4) is 0 Å². The molecule has 0 aromatic heterocycles. The first-order valence-electron chi connectivity index (χ1n) is 6.09. The topological polar surface area (TPSA) is 26.3 Å². The molecule has 1 aliphatic rings. The Morgan fingerprint density at radius 1 is 1.37 bits per heavy atom. The molecule has 1 aromatic rings. The smallest absolute Gasteiger partial charge is 0.225 e. The van der Waals surface area contributed by atoms with Gasteiger partial charge in [0.15, 0.2) is 0 Å². The SMILES string of the molecule is COc1ccc(C(Br)=CC2C(C(=O)Cl)C2(C)C)cc1. The van der Waals surface area contributed by atoms with Gasteiger partial charge in [0.2, 0.25) is 5.24 Å². The van der Waals surface area contributed by atoms with Gasteiger partial charge in [-0.05, 0) is 40.6 Å². The fourth-order valence-corrected chi connectivity index (χ4v) is 3.39. The zero-order chi connectivity index (χ0) is 14.2. The molecule has 2 rings (SSSR count). The predicted octanol–water partition coefficient (Wildman–Crippen LogP) is 4.47. The average Bonchev–Trinajstić information content (AvgIpc) is 2.91. The normalized spacial score (nSPS) is 25.0. The molecule has 4 heteroatoms. The highest BCUT2D eigenvalue weighted by molar-refractivity contribution is 9.15. The number of halogens is 2. The maximum absolute atomic E-state index is 11.3. The van der Waals surface area contributed by atoms with Crippen molar-refractivity contribution in [3.63, 3.8) is 0 Å². The second kappa shape index (κ2) is 5.29. The molecule has 1 saturated carbocycles. The van der Waals surface area contributed by atoms with Gasteiger partial charge in [-0.2, -0.15) is 0 Å². The Morgan fingerprint density at radius 3 is 2.37 bits per heavy atom. The Bertz CT molecular complexity index is 519. The van der Waals surface area contributed by atoms with Crippen LogP contribution in [0.4, 0.5) is 0 Å². The number of methoxy groups -OCH3 is 1. The van der Waals surface area contributed by atoms with E-state index in [2.05, 4.69) is 35.9 Å². The van der Waals surface area contributed by atoms with Gasteiger partial charge in [-0.3, -0.25) is 4.79 Å². The van der Waals surface area contributed by atoms with Gasteiger partial charge in [0.1, 0.15) is 5.75 Å². The van der Waals surface area contributed by atoms with Crippen molar-refractivity contribution in [2.45, 2.75) is 13.8 Å². The van der Waals surface area contributed by atoms with E-state index in [1.807, 2.05) is 24.3 Å². The molecule has 0 bridgehead atoms. The zero-order valence-corrected chi connectivity index (χ0v) is 13.5. The molecule has 0 spiro atoms. The highest BCUT2D eigenvalue weighted by Gasteiger charge is 2.59. The summed E-state index contributed by atoms with van der Waals surface area (Å²) in [5, 5.41) is -0.249. The number of rotatable bonds is 4. The summed E-state index contributed by atoms with van der Waals surface area (Å²) in [4.78, 5) is 11.3. The highest BCUT2D eigenvalue weighted by atomic mass is 79.9. The van der Waals surface area contributed by atoms with Gasteiger partial charge in [-0.25, -0.2) is 0 Å². The second-order valence-electron chi connectivity index (χ2n) is 5.37. The Hall–Kier alpha value is -0.800. The monoisotopic (exact) mass is 342 g/mol. The molecular formula is C15H16BrClO2. The van der Waals surface area contributed by atoms with Crippen molar-refractivity contribution in [3.05, 3.63) is 35.9 Å². The van der Waals surface area contributed by atoms with Gasteiger partial charge in [0.25, 0.3) is 0 Å². The van der Waals surface area contributed by atoms with Crippen LogP contribution in [0.2, 0.25) is 0 Å². The Kier molecular flexibility index (Phi) is 4.07. The Labute approximate surface area is 126 Å². The van der Waals surface area contributed by atoms with E-state index in [0.717, 1.165) is 15.8 Å². The third-order valence-electron chi connectivity index (χ3n) is 3.85. The molecule has 2 nitrogen and oxygen atoms in total. The molecule has 1 aromatic carbocycles. The second-order valence-corrected chi connectivity index (χ2v) is 6.60. The first-order chi connectivity index (χ1) is 8.87. The Morgan fingerprint density at radius 2 is 1.95 bits per heavy atom. The van der Waals surface area contributed by atoms with Gasteiger partial charge < -0.3 is 4.74 Å². The average molecular weight is 344 g/mol. The van der Waals surface area contributed by atoms with Crippen LogP contribution < -0.4 is 4.74 Å². The van der Waals surface area contributed by atoms with E-state index >= 15 is 0 Å². The Balaban J connectivity index is 2.17. The molecule has 0 radical (unpaired) electrons. The number of benzene rings is 1. The van der Waals surface area contributed by atoms with Crippen molar-refractivity contribution < 1.29 is 9.53 Å². The summed E-state index contributed by atoms with van der Waals surface area (Å²) in [6.07, 6.45) is 2.08. The maximum Gasteiger partial charge on any atom is 0.225 e. The van der Waals surface area contributed by atoms with E-state index in [1.54, 1.807) is 7.11 Å². The summed E-state index contributed by atoms with van der Waals surface area (Å²) in [5.41, 5.74) is 1.01. The third kappa shape index (κ3) is 2.87. The van der Waals surface area contributed by atoms with Crippen LogP contribution >= 0.6 is 27.5 Å². The van der Waals surface area contributed by atoms with Crippen LogP contribution in [0, 0.1) is 17.3 Å². The quantitative estimate of drug-likeness (QED) is 0.754. The zero-order valence-electron chi connectivity index (χ0n) is 11.1. The molecule has 0 aliphatic heterocycles. The van der Waals surface area contributed by atoms with E-state index in [9.17, 15) is 4.79 Å². The van der Waals surface area contributed by atoms with Gasteiger partial charge in [-0.15, -0.1) is 0 Å². The standard InChI is InChI=1S/C15H16BrClO2/c1-15(2)11(13(15)14(17)18)8-12(16)9-4-6-10(19-3)7-5-9/h4-8,11,13H,1-3H3. The van der Waals surface area contributed by atoms with Crippen molar-refractivity contribution in [2.75, 3.05) is 7.11 Å². The van der Waals surface area contributed by atoms with Crippen molar-refractivity contribution in [1.29, 1.82) is 0 Å². The molecule has 0 saturated heterocycles. The number of carbonyl (C=O) groups is 1. The fraction of sp³-hybridized carbons (Fsp3) is 0.400. The van der Waals surface area contributed by atoms with Crippen LogP contribution in [-0.2, 0) is 4.79 Å². The van der Waals surface area contributed by atoms with Crippen molar-refractivity contribution in [2.24, 2.45) is 17.3 Å². The van der Waals surface area contributed by atoms with Crippen LogP contribution in [-0.4, -0.2) is 12.4 Å².